The van der Waals surface area contributed by atoms with Crippen molar-refractivity contribution in [2.24, 2.45) is 12.1 Å². The van der Waals surface area contributed by atoms with E-state index in [0.29, 0.717) is 16.7 Å². The van der Waals surface area contributed by atoms with Crippen LogP contribution in [-0.4, -0.2) is 31.1 Å². The second kappa shape index (κ2) is 6.54. The number of nitrogens with zero attached hydrogens (tertiary/aromatic N) is 5. The van der Waals surface area contributed by atoms with Gasteiger partial charge in [-0.1, -0.05) is 33.6 Å². The maximum absolute atomic E-state index is 9.87. The van der Waals surface area contributed by atoms with Gasteiger partial charge in [-0.2, -0.15) is 10.1 Å². The summed E-state index contributed by atoms with van der Waals surface area (Å²) in [6, 6.07) is 11.0. The number of rotatable bonds is 3. The van der Waals surface area contributed by atoms with E-state index in [4.69, 9.17) is 11.6 Å². The molecule has 0 atom stereocenters. The summed E-state index contributed by atoms with van der Waals surface area (Å²) in [7, 11) is 1.92. The van der Waals surface area contributed by atoms with Crippen LogP contribution >= 0.6 is 27.5 Å². The van der Waals surface area contributed by atoms with E-state index in [0.717, 1.165) is 15.4 Å². The summed E-state index contributed by atoms with van der Waals surface area (Å²) in [4.78, 5) is 4.47. The summed E-state index contributed by atoms with van der Waals surface area (Å²) in [6.45, 7) is 0. The van der Waals surface area contributed by atoms with Gasteiger partial charge < -0.3 is 9.67 Å². The number of nitrogens with one attached hydrogen (secondary N) is 1. The number of phenols is 1. The lowest BCUT2D eigenvalue weighted by molar-refractivity contribution is 0.475. The molecule has 0 amide bonds. The number of fused-ring (bicyclic) bond motifs is 3. The fraction of sp³-hybridized carbons (Fsp3) is 0.0588. The Kier molecular flexibility index (Phi) is 4.21. The third-order valence-electron chi connectivity index (χ3n) is 3.95. The zero-order valence-electron chi connectivity index (χ0n) is 13.5. The van der Waals surface area contributed by atoms with Gasteiger partial charge in [0.2, 0.25) is 0 Å². The van der Waals surface area contributed by atoms with Gasteiger partial charge in [0.1, 0.15) is 11.3 Å². The average Bonchev–Trinajstić information content (AvgIpc) is 2.90. The predicted molar refractivity (Wildman–Crippen MR) is 106 cm³/mol. The molecular formula is C17H12BrClN6O. The minimum Gasteiger partial charge on any atom is -0.506 e. The van der Waals surface area contributed by atoms with Crippen LogP contribution in [-0.2, 0) is 7.05 Å². The van der Waals surface area contributed by atoms with Crippen LogP contribution in [0.25, 0.3) is 22.1 Å². The second-order valence-corrected chi connectivity index (χ2v) is 6.90. The minimum atomic E-state index is -0.0338. The summed E-state index contributed by atoms with van der Waals surface area (Å²) in [5, 5.41) is 23.5. The maximum Gasteiger partial charge on any atom is 0.265 e. The number of aromatic nitrogens is 4. The summed E-state index contributed by atoms with van der Waals surface area (Å²) < 4.78 is 2.91. The van der Waals surface area contributed by atoms with Crippen LogP contribution in [0.15, 0.2) is 46.0 Å². The van der Waals surface area contributed by atoms with Crippen molar-refractivity contribution in [1.29, 1.82) is 0 Å². The molecule has 0 bridgehead atoms. The Bertz CT molecular complexity index is 1170. The van der Waals surface area contributed by atoms with E-state index in [1.165, 1.54) is 6.21 Å². The molecule has 2 aromatic carbocycles. The Balaban J connectivity index is 1.67. The van der Waals surface area contributed by atoms with Crippen LogP contribution in [0.4, 0.5) is 5.95 Å². The smallest absolute Gasteiger partial charge is 0.265 e. The van der Waals surface area contributed by atoms with Gasteiger partial charge in [-0.25, -0.2) is 5.43 Å². The standard InChI is InChI=1S/C17H12BrClN6O/c1-25-13-6-5-10(18)7-11(13)14-16(25)21-17(24-22-14)23-20-8-9-3-2-4-12(19)15(9)26/h2-8,26H,1H3,(H,21,23,24). The molecule has 9 heteroatoms. The molecule has 2 N–H and O–H groups in total. The number of hydrazone groups is 1. The van der Waals surface area contributed by atoms with Crippen LogP contribution in [0.1, 0.15) is 5.56 Å². The molecule has 0 saturated heterocycles. The zero-order chi connectivity index (χ0) is 18.3. The number of anilines is 1. The van der Waals surface area contributed by atoms with Gasteiger partial charge in [-0.3, -0.25) is 0 Å². The molecule has 4 aromatic rings. The lowest BCUT2D eigenvalue weighted by Gasteiger charge is -2.01. The fourth-order valence-electron chi connectivity index (χ4n) is 2.67. The van der Waals surface area contributed by atoms with Crippen molar-refractivity contribution in [3.05, 3.63) is 51.5 Å². The van der Waals surface area contributed by atoms with Crippen LogP contribution in [0.2, 0.25) is 5.02 Å². The van der Waals surface area contributed by atoms with E-state index in [9.17, 15) is 5.11 Å². The summed E-state index contributed by atoms with van der Waals surface area (Å²) in [5.41, 5.74) is 5.62. The minimum absolute atomic E-state index is 0.0338. The highest BCUT2D eigenvalue weighted by Crippen LogP contribution is 2.28. The third-order valence-corrected chi connectivity index (χ3v) is 4.75. The number of aromatic hydroxyl groups is 1. The molecule has 4 rings (SSSR count). The average molecular weight is 432 g/mol. The van der Waals surface area contributed by atoms with E-state index < -0.39 is 0 Å². The zero-order valence-corrected chi connectivity index (χ0v) is 15.8. The fourth-order valence-corrected chi connectivity index (χ4v) is 3.22. The highest BCUT2D eigenvalue weighted by molar-refractivity contribution is 9.10. The van der Waals surface area contributed by atoms with Crippen molar-refractivity contribution in [3.8, 4) is 5.75 Å². The first-order valence-electron chi connectivity index (χ1n) is 7.59. The van der Waals surface area contributed by atoms with Gasteiger partial charge in [0.15, 0.2) is 5.65 Å². The lowest BCUT2D eigenvalue weighted by Crippen LogP contribution is -2.00. The van der Waals surface area contributed by atoms with Gasteiger partial charge in [0.25, 0.3) is 5.95 Å². The highest BCUT2D eigenvalue weighted by Gasteiger charge is 2.12. The first-order valence-corrected chi connectivity index (χ1v) is 8.76. The molecule has 2 aromatic heterocycles. The normalized spacial score (nSPS) is 11.7. The monoisotopic (exact) mass is 430 g/mol. The Hall–Kier alpha value is -2.71. The van der Waals surface area contributed by atoms with E-state index >= 15 is 0 Å². The van der Waals surface area contributed by atoms with Gasteiger partial charge in [0.05, 0.1) is 16.8 Å². The van der Waals surface area contributed by atoms with Crippen LogP contribution in [0.3, 0.4) is 0 Å². The van der Waals surface area contributed by atoms with Crippen LogP contribution < -0.4 is 5.43 Å². The van der Waals surface area contributed by atoms with Crippen molar-refractivity contribution < 1.29 is 5.11 Å². The van der Waals surface area contributed by atoms with Gasteiger partial charge in [-0.05, 0) is 30.3 Å². The number of aryl methyl sites for hydroxylation is 1. The Morgan fingerprint density at radius 3 is 2.96 bits per heavy atom. The number of halogens is 2. The molecule has 0 unspecified atom stereocenters. The van der Waals surface area contributed by atoms with Crippen LogP contribution in [0.5, 0.6) is 5.75 Å². The molecule has 2 heterocycles. The molecule has 0 aliphatic carbocycles. The van der Waals surface area contributed by atoms with E-state index in [2.05, 4.69) is 41.6 Å². The predicted octanol–water partition coefficient (Wildman–Crippen LogP) is 4.08. The number of para-hydroxylation sites is 1. The van der Waals surface area contributed by atoms with Crippen LogP contribution in [0, 0.1) is 0 Å². The Morgan fingerprint density at radius 1 is 1.27 bits per heavy atom. The van der Waals surface area contributed by atoms with Gasteiger partial charge in [-0.15, -0.1) is 10.2 Å². The molecule has 130 valence electrons. The number of phenolic OH excluding ortho intramolecular Hbond substituents is 1. The van der Waals surface area contributed by atoms with E-state index in [-0.39, 0.29) is 16.7 Å². The molecule has 0 radical (unpaired) electrons. The number of hydrogen-bond acceptors (Lipinski definition) is 6. The van der Waals surface area contributed by atoms with E-state index in [1.54, 1.807) is 18.2 Å². The first-order chi connectivity index (χ1) is 12.5. The van der Waals surface area contributed by atoms with Crippen molar-refractivity contribution >= 4 is 61.8 Å². The van der Waals surface area contributed by atoms with Crippen molar-refractivity contribution in [3.63, 3.8) is 0 Å². The van der Waals surface area contributed by atoms with E-state index in [1.807, 2.05) is 29.8 Å². The van der Waals surface area contributed by atoms with Crippen molar-refractivity contribution in [2.75, 3.05) is 5.43 Å². The molecule has 0 fully saturated rings. The summed E-state index contributed by atoms with van der Waals surface area (Å²) >= 11 is 9.34. The van der Waals surface area contributed by atoms with Gasteiger partial charge in [0, 0.05) is 22.5 Å². The number of hydrogen-bond donors (Lipinski definition) is 2. The second-order valence-electron chi connectivity index (χ2n) is 5.58. The van der Waals surface area contributed by atoms with Crippen molar-refractivity contribution in [2.45, 2.75) is 0 Å². The Morgan fingerprint density at radius 2 is 2.12 bits per heavy atom. The number of benzene rings is 2. The molecule has 0 aliphatic heterocycles. The lowest BCUT2D eigenvalue weighted by atomic mass is 10.2. The SMILES string of the molecule is Cn1c2ccc(Br)cc2c2nnc(NN=Cc3cccc(Cl)c3O)nc21. The topological polar surface area (TPSA) is 88.2 Å². The van der Waals surface area contributed by atoms with Crippen molar-refractivity contribution in [1.82, 2.24) is 19.7 Å². The van der Waals surface area contributed by atoms with Gasteiger partial charge >= 0.3 is 0 Å². The largest absolute Gasteiger partial charge is 0.506 e. The molecule has 7 nitrogen and oxygen atoms in total. The molecule has 26 heavy (non-hydrogen) atoms. The summed E-state index contributed by atoms with van der Waals surface area (Å²) in [5.74, 6) is 0.216. The third kappa shape index (κ3) is 2.87. The highest BCUT2D eigenvalue weighted by atomic mass is 79.9. The quantitative estimate of drug-likeness (QED) is 0.377. The first kappa shape index (κ1) is 16.7. The molecule has 0 spiro atoms. The Labute approximate surface area is 161 Å². The maximum atomic E-state index is 9.87. The molecule has 0 aliphatic rings. The molecule has 0 saturated carbocycles. The molecular weight excluding hydrogens is 420 g/mol. The summed E-state index contributed by atoms with van der Waals surface area (Å²) in [6.07, 6.45) is 1.44.